The van der Waals surface area contributed by atoms with Crippen molar-refractivity contribution < 1.29 is 17.9 Å². The molecule has 152 valence electrons. The van der Waals surface area contributed by atoms with Gasteiger partial charge in [-0.25, -0.2) is 8.42 Å². The summed E-state index contributed by atoms with van der Waals surface area (Å²) in [4.78, 5) is 12.8. The molecule has 0 spiro atoms. The number of aromatic nitrogens is 2. The minimum absolute atomic E-state index is 0.149. The summed E-state index contributed by atoms with van der Waals surface area (Å²) in [5.74, 6) is 0.185. The Morgan fingerprint density at radius 2 is 2.00 bits per heavy atom. The predicted molar refractivity (Wildman–Crippen MR) is 107 cm³/mol. The molecule has 28 heavy (non-hydrogen) atoms. The summed E-state index contributed by atoms with van der Waals surface area (Å²) in [5.41, 5.74) is 0. The van der Waals surface area contributed by atoms with Gasteiger partial charge in [-0.15, -0.1) is 10.2 Å². The Morgan fingerprint density at radius 3 is 2.61 bits per heavy atom. The number of sulfonamides is 1. The van der Waals surface area contributed by atoms with Gasteiger partial charge in [-0.2, -0.15) is 4.31 Å². The van der Waals surface area contributed by atoms with Crippen LogP contribution in [0.4, 0.5) is 5.13 Å². The van der Waals surface area contributed by atoms with Crippen molar-refractivity contribution in [3.05, 3.63) is 29.3 Å². The summed E-state index contributed by atoms with van der Waals surface area (Å²) < 4.78 is 32.3. The number of nitrogens with zero attached hydrogens (tertiary/aromatic N) is 3. The van der Waals surface area contributed by atoms with Crippen LogP contribution in [0, 0.1) is 5.92 Å². The summed E-state index contributed by atoms with van der Waals surface area (Å²) in [6.07, 6.45) is 1.26. The van der Waals surface area contributed by atoms with E-state index in [0.717, 1.165) is 5.01 Å². The Hall–Kier alpha value is -2.04. The summed E-state index contributed by atoms with van der Waals surface area (Å²) in [6, 6.07) is 6.27. The third-order valence-electron chi connectivity index (χ3n) is 4.62. The van der Waals surface area contributed by atoms with Gasteiger partial charge in [0, 0.05) is 19.0 Å². The van der Waals surface area contributed by atoms with E-state index in [0.29, 0.717) is 30.3 Å². The van der Waals surface area contributed by atoms with Crippen LogP contribution in [0.25, 0.3) is 0 Å². The van der Waals surface area contributed by atoms with Crippen molar-refractivity contribution in [1.82, 2.24) is 14.5 Å². The summed E-state index contributed by atoms with van der Waals surface area (Å²) >= 11 is 1.34. The number of nitrogens with one attached hydrogen (secondary N) is 1. The third kappa shape index (κ3) is 4.50. The number of amides is 1. The molecule has 1 aliphatic rings. The van der Waals surface area contributed by atoms with Gasteiger partial charge < -0.3 is 10.1 Å². The first-order valence-electron chi connectivity index (χ1n) is 9.09. The number of hydrogen-bond donors (Lipinski definition) is 1. The zero-order valence-electron chi connectivity index (χ0n) is 16.1. The monoisotopic (exact) mass is 424 g/mol. The molecule has 1 amide bonds. The molecule has 1 N–H and O–H groups in total. The number of carbonyl (C=O) groups excluding carboxylic acids is 1. The van der Waals surface area contributed by atoms with E-state index in [1.54, 1.807) is 12.1 Å². The first-order chi connectivity index (χ1) is 13.3. The highest BCUT2D eigenvalue weighted by Gasteiger charge is 2.33. The van der Waals surface area contributed by atoms with E-state index in [4.69, 9.17) is 4.74 Å². The Bertz CT molecular complexity index is 925. The smallest absolute Gasteiger partial charge is 0.243 e. The van der Waals surface area contributed by atoms with Crippen LogP contribution in [-0.2, 0) is 14.8 Å². The Labute approximate surface area is 169 Å². The molecule has 1 aromatic carbocycles. The molecule has 0 saturated carbocycles. The SMILES string of the molecule is COc1ccc(S(=O)(=O)N2CCCC(C(=O)Nc3nnc(C(C)C)s3)C2)cc1. The number of anilines is 1. The van der Waals surface area contributed by atoms with Crippen molar-refractivity contribution in [3.8, 4) is 5.75 Å². The van der Waals surface area contributed by atoms with Gasteiger partial charge in [0.15, 0.2) is 0 Å². The number of piperidine rings is 1. The van der Waals surface area contributed by atoms with Crippen LogP contribution in [0.15, 0.2) is 29.2 Å². The van der Waals surface area contributed by atoms with E-state index >= 15 is 0 Å². The average Bonchev–Trinajstić information content (AvgIpc) is 3.17. The second-order valence-electron chi connectivity index (χ2n) is 6.97. The third-order valence-corrected chi connectivity index (χ3v) is 7.64. The van der Waals surface area contributed by atoms with Crippen molar-refractivity contribution >= 4 is 32.4 Å². The molecule has 10 heteroatoms. The number of methoxy groups -OCH3 is 1. The first-order valence-corrected chi connectivity index (χ1v) is 11.4. The van der Waals surface area contributed by atoms with Gasteiger partial charge in [0.25, 0.3) is 0 Å². The molecule has 1 unspecified atom stereocenters. The van der Waals surface area contributed by atoms with Crippen molar-refractivity contribution in [2.24, 2.45) is 5.92 Å². The largest absolute Gasteiger partial charge is 0.497 e. The first kappa shape index (κ1) is 20.7. The zero-order chi connectivity index (χ0) is 20.3. The molecule has 0 aliphatic carbocycles. The molecular weight excluding hydrogens is 400 g/mol. The molecule has 3 rings (SSSR count). The van der Waals surface area contributed by atoms with Crippen LogP contribution in [0.2, 0.25) is 0 Å². The average molecular weight is 425 g/mol. The molecule has 0 bridgehead atoms. The van der Waals surface area contributed by atoms with Gasteiger partial charge >= 0.3 is 0 Å². The van der Waals surface area contributed by atoms with E-state index < -0.39 is 15.9 Å². The van der Waals surface area contributed by atoms with Gasteiger partial charge in [0.2, 0.25) is 21.1 Å². The van der Waals surface area contributed by atoms with Crippen molar-refractivity contribution in [2.75, 3.05) is 25.5 Å². The summed E-state index contributed by atoms with van der Waals surface area (Å²) in [7, 11) is -2.13. The van der Waals surface area contributed by atoms with Crippen LogP contribution in [-0.4, -0.2) is 49.0 Å². The molecule has 1 aliphatic heterocycles. The van der Waals surface area contributed by atoms with Crippen molar-refractivity contribution in [1.29, 1.82) is 0 Å². The molecule has 2 heterocycles. The van der Waals surface area contributed by atoms with Crippen LogP contribution in [0.5, 0.6) is 5.75 Å². The Kier molecular flexibility index (Phi) is 6.31. The molecule has 1 atom stereocenters. The quantitative estimate of drug-likeness (QED) is 0.765. The fourth-order valence-electron chi connectivity index (χ4n) is 3.00. The predicted octanol–water partition coefficient (Wildman–Crippen LogP) is 2.71. The standard InChI is InChI=1S/C18H24N4O4S2/c1-12(2)17-20-21-18(27-17)19-16(23)13-5-4-10-22(11-13)28(24,25)15-8-6-14(26-3)7-9-15/h6-9,12-13H,4-5,10-11H2,1-3H3,(H,19,21,23). The lowest BCUT2D eigenvalue weighted by Crippen LogP contribution is -2.43. The molecule has 1 aromatic heterocycles. The molecule has 2 aromatic rings. The van der Waals surface area contributed by atoms with Gasteiger partial charge in [0.1, 0.15) is 10.8 Å². The van der Waals surface area contributed by atoms with E-state index in [-0.39, 0.29) is 23.3 Å². The fourth-order valence-corrected chi connectivity index (χ4v) is 5.27. The Morgan fingerprint density at radius 1 is 1.29 bits per heavy atom. The topological polar surface area (TPSA) is 101 Å². The maximum atomic E-state index is 12.9. The van der Waals surface area contributed by atoms with E-state index in [2.05, 4.69) is 15.5 Å². The lowest BCUT2D eigenvalue weighted by Gasteiger charge is -2.31. The second kappa shape index (κ2) is 8.54. The highest BCUT2D eigenvalue weighted by molar-refractivity contribution is 7.89. The molecule has 1 fully saturated rings. The summed E-state index contributed by atoms with van der Waals surface area (Å²) in [6.45, 7) is 4.56. The van der Waals surface area contributed by atoms with Crippen LogP contribution in [0.1, 0.15) is 37.6 Å². The molecule has 1 saturated heterocycles. The number of carbonyl (C=O) groups is 1. The molecule has 8 nitrogen and oxygen atoms in total. The molecular formula is C18H24N4O4S2. The Balaban J connectivity index is 1.69. The minimum Gasteiger partial charge on any atom is -0.497 e. The molecule has 0 radical (unpaired) electrons. The lowest BCUT2D eigenvalue weighted by molar-refractivity contribution is -0.120. The van der Waals surface area contributed by atoms with Crippen molar-refractivity contribution in [3.63, 3.8) is 0 Å². The number of hydrogen-bond acceptors (Lipinski definition) is 7. The van der Waals surface area contributed by atoms with Crippen LogP contribution in [0.3, 0.4) is 0 Å². The lowest BCUT2D eigenvalue weighted by atomic mass is 9.99. The normalized spacial score (nSPS) is 18.2. The highest BCUT2D eigenvalue weighted by atomic mass is 32.2. The van der Waals surface area contributed by atoms with Crippen LogP contribution < -0.4 is 10.1 Å². The maximum absolute atomic E-state index is 12.9. The number of rotatable bonds is 6. The second-order valence-corrected chi connectivity index (χ2v) is 9.91. The highest BCUT2D eigenvalue weighted by Crippen LogP contribution is 2.27. The van der Waals surface area contributed by atoms with Crippen molar-refractivity contribution in [2.45, 2.75) is 37.5 Å². The maximum Gasteiger partial charge on any atom is 0.243 e. The van der Waals surface area contributed by atoms with Crippen LogP contribution >= 0.6 is 11.3 Å². The minimum atomic E-state index is -3.66. The van der Waals surface area contributed by atoms with Gasteiger partial charge in [-0.3, -0.25) is 4.79 Å². The zero-order valence-corrected chi connectivity index (χ0v) is 17.7. The van der Waals surface area contributed by atoms with E-state index in [1.165, 1.54) is 34.9 Å². The van der Waals surface area contributed by atoms with Gasteiger partial charge in [-0.1, -0.05) is 25.2 Å². The fraction of sp³-hybridized carbons (Fsp3) is 0.500. The van der Waals surface area contributed by atoms with E-state index in [1.807, 2.05) is 13.8 Å². The van der Waals surface area contributed by atoms with Gasteiger partial charge in [0.05, 0.1) is 17.9 Å². The summed E-state index contributed by atoms with van der Waals surface area (Å²) in [5, 5.41) is 12.1. The van der Waals surface area contributed by atoms with E-state index in [9.17, 15) is 13.2 Å². The number of ether oxygens (including phenoxy) is 1. The van der Waals surface area contributed by atoms with Gasteiger partial charge in [-0.05, 0) is 37.1 Å². The number of benzene rings is 1.